The standard InChI is InChI=1S/C57H32N4OS/c1-2-13-35-29-38(22-21-33(35)11-1)55-58-56(39-23-25-43-42-18-8-10-20-50(42)63-51(43)32-39)60-57(59-55)53-47(28-26-44-41-17-7-9-19-49(41)62-54(44)53)61-46-27-24-34-12-5-6-16-40(34)52(46)45-30-36-14-3-4-15-37(36)31-48(45)61/h1-32H. The van der Waals surface area contributed by atoms with Crippen molar-refractivity contribution in [3.8, 4) is 39.9 Å². The van der Waals surface area contributed by atoms with Gasteiger partial charge in [0.25, 0.3) is 0 Å². The Morgan fingerprint density at radius 2 is 0.984 bits per heavy atom. The van der Waals surface area contributed by atoms with E-state index >= 15 is 0 Å². The average molecular weight is 821 g/mol. The predicted octanol–water partition coefficient (Wildman–Crippen LogP) is 15.7. The molecule has 4 heterocycles. The third-order valence-corrected chi connectivity index (χ3v) is 13.9. The van der Waals surface area contributed by atoms with Crippen LogP contribution in [0.25, 0.3) is 136 Å². The number of benzene rings is 10. The zero-order valence-corrected chi connectivity index (χ0v) is 34.4. The van der Waals surface area contributed by atoms with Gasteiger partial charge in [-0.3, -0.25) is 0 Å². The molecule has 4 aromatic heterocycles. The largest absolute Gasteiger partial charge is 0.455 e. The fourth-order valence-corrected chi connectivity index (χ4v) is 11.0. The molecule has 10 aromatic carbocycles. The Balaban J connectivity index is 1.12. The van der Waals surface area contributed by atoms with Crippen LogP contribution in [-0.4, -0.2) is 19.5 Å². The lowest BCUT2D eigenvalue weighted by Gasteiger charge is -2.15. The first-order chi connectivity index (χ1) is 31.2. The van der Waals surface area contributed by atoms with Gasteiger partial charge in [-0.25, -0.2) is 15.0 Å². The van der Waals surface area contributed by atoms with Gasteiger partial charge in [-0.15, -0.1) is 11.3 Å². The Bertz CT molecular complexity index is 4230. The van der Waals surface area contributed by atoms with Crippen molar-refractivity contribution in [2.45, 2.75) is 0 Å². The van der Waals surface area contributed by atoms with Crippen LogP contribution < -0.4 is 0 Å². The highest BCUT2D eigenvalue weighted by Crippen LogP contribution is 2.45. The summed E-state index contributed by atoms with van der Waals surface area (Å²) in [5.41, 5.74) is 7.29. The minimum absolute atomic E-state index is 0.538. The van der Waals surface area contributed by atoms with Crippen LogP contribution in [0.3, 0.4) is 0 Å². The molecule has 0 spiro atoms. The van der Waals surface area contributed by atoms with Gasteiger partial charge in [-0.05, 0) is 86.9 Å². The highest BCUT2D eigenvalue weighted by molar-refractivity contribution is 7.25. The average Bonchev–Trinajstić information content (AvgIpc) is 4.01. The smallest absolute Gasteiger partial charge is 0.170 e. The normalized spacial score (nSPS) is 12.1. The summed E-state index contributed by atoms with van der Waals surface area (Å²) in [4.78, 5) is 16.2. The molecule has 14 rings (SSSR count). The molecule has 6 heteroatoms. The summed E-state index contributed by atoms with van der Waals surface area (Å²) >= 11 is 1.79. The molecule has 0 radical (unpaired) electrons. The third kappa shape index (κ3) is 5.19. The number of hydrogen-bond acceptors (Lipinski definition) is 5. The Labute approximate surface area is 363 Å². The van der Waals surface area contributed by atoms with Gasteiger partial charge in [-0.1, -0.05) is 140 Å². The third-order valence-electron chi connectivity index (χ3n) is 12.8. The molecule has 0 atom stereocenters. The van der Waals surface area contributed by atoms with Gasteiger partial charge in [0, 0.05) is 52.8 Å². The minimum Gasteiger partial charge on any atom is -0.455 e. The molecule has 0 fully saturated rings. The number of para-hydroxylation sites is 1. The zero-order chi connectivity index (χ0) is 41.2. The summed E-state index contributed by atoms with van der Waals surface area (Å²) in [5.74, 6) is 1.73. The quantitative estimate of drug-likeness (QED) is 0.177. The number of aromatic nitrogens is 4. The van der Waals surface area contributed by atoms with Crippen LogP contribution >= 0.6 is 11.3 Å². The SMILES string of the molecule is c1ccc2cc(-c3nc(-c4ccc5c(c4)sc4ccccc45)nc(-c4c(-n5c6cc7ccccc7cc6c6c7ccccc7ccc65)ccc5c4oc4ccccc45)n3)ccc2c1. The van der Waals surface area contributed by atoms with Gasteiger partial charge in [0.15, 0.2) is 17.5 Å². The van der Waals surface area contributed by atoms with Gasteiger partial charge in [0.1, 0.15) is 11.2 Å². The monoisotopic (exact) mass is 820 g/mol. The summed E-state index contributed by atoms with van der Waals surface area (Å²) in [6, 6.07) is 69.2. The summed E-state index contributed by atoms with van der Waals surface area (Å²) in [7, 11) is 0. The first-order valence-electron chi connectivity index (χ1n) is 21.2. The molecule has 0 aliphatic rings. The molecular formula is C57H32N4OS. The van der Waals surface area contributed by atoms with Gasteiger partial charge in [0.2, 0.25) is 0 Å². The molecular weight excluding hydrogens is 789 g/mol. The van der Waals surface area contributed by atoms with E-state index in [9.17, 15) is 0 Å². The van der Waals surface area contributed by atoms with E-state index in [1.807, 2.05) is 12.1 Å². The van der Waals surface area contributed by atoms with E-state index in [-0.39, 0.29) is 0 Å². The number of hydrogen-bond donors (Lipinski definition) is 0. The van der Waals surface area contributed by atoms with Crippen LogP contribution in [0.1, 0.15) is 0 Å². The van der Waals surface area contributed by atoms with Crippen molar-refractivity contribution in [3.05, 3.63) is 194 Å². The number of fused-ring (bicyclic) bond motifs is 13. The number of rotatable bonds is 4. The molecule has 0 saturated heterocycles. The fraction of sp³-hybridized carbons (Fsp3) is 0. The lowest BCUT2D eigenvalue weighted by atomic mass is 10.0. The van der Waals surface area contributed by atoms with Crippen molar-refractivity contribution in [2.24, 2.45) is 0 Å². The molecule has 5 nitrogen and oxygen atoms in total. The Kier molecular flexibility index (Phi) is 7.21. The molecule has 0 saturated carbocycles. The van der Waals surface area contributed by atoms with Gasteiger partial charge < -0.3 is 8.98 Å². The van der Waals surface area contributed by atoms with E-state index in [4.69, 9.17) is 19.4 Å². The molecule has 0 unspecified atom stereocenters. The maximum atomic E-state index is 6.97. The van der Waals surface area contributed by atoms with Crippen molar-refractivity contribution in [3.63, 3.8) is 0 Å². The minimum atomic E-state index is 0.538. The maximum Gasteiger partial charge on any atom is 0.170 e. The van der Waals surface area contributed by atoms with Crippen LogP contribution in [0, 0.1) is 0 Å². The Morgan fingerprint density at radius 1 is 0.381 bits per heavy atom. The predicted molar refractivity (Wildman–Crippen MR) is 263 cm³/mol. The Morgan fingerprint density at radius 3 is 1.83 bits per heavy atom. The van der Waals surface area contributed by atoms with E-state index in [0.29, 0.717) is 17.5 Å². The van der Waals surface area contributed by atoms with E-state index < -0.39 is 0 Å². The van der Waals surface area contributed by atoms with Crippen molar-refractivity contribution in [1.29, 1.82) is 0 Å². The first kappa shape index (κ1) is 34.5. The lowest BCUT2D eigenvalue weighted by molar-refractivity contribution is 0.669. The molecule has 14 aromatic rings. The second-order valence-corrected chi connectivity index (χ2v) is 17.4. The van der Waals surface area contributed by atoms with E-state index in [1.165, 1.54) is 52.5 Å². The van der Waals surface area contributed by atoms with E-state index in [1.54, 1.807) is 11.3 Å². The highest BCUT2D eigenvalue weighted by Gasteiger charge is 2.25. The molecule has 63 heavy (non-hydrogen) atoms. The molecule has 0 N–H and O–H groups in total. The van der Waals surface area contributed by atoms with Crippen LogP contribution in [0.4, 0.5) is 0 Å². The number of furan rings is 1. The molecule has 0 amide bonds. The van der Waals surface area contributed by atoms with Crippen LogP contribution in [0.2, 0.25) is 0 Å². The lowest BCUT2D eigenvalue weighted by Crippen LogP contribution is -2.04. The van der Waals surface area contributed by atoms with Crippen LogP contribution in [-0.2, 0) is 0 Å². The van der Waals surface area contributed by atoms with Crippen molar-refractivity contribution < 1.29 is 4.42 Å². The second kappa shape index (κ2) is 13.2. The fourth-order valence-electron chi connectivity index (χ4n) is 9.85. The zero-order valence-electron chi connectivity index (χ0n) is 33.6. The summed E-state index contributed by atoms with van der Waals surface area (Å²) in [5, 5.41) is 14.0. The Hall–Kier alpha value is -8.19. The number of nitrogens with zero attached hydrogens (tertiary/aromatic N) is 4. The summed E-state index contributed by atoms with van der Waals surface area (Å²) < 4.78 is 11.8. The van der Waals surface area contributed by atoms with Crippen molar-refractivity contribution >= 4 is 108 Å². The summed E-state index contributed by atoms with van der Waals surface area (Å²) in [6.07, 6.45) is 0. The first-order valence-corrected chi connectivity index (χ1v) is 22.0. The highest BCUT2D eigenvalue weighted by atomic mass is 32.1. The molecule has 0 bridgehead atoms. The molecule has 0 aliphatic carbocycles. The van der Waals surface area contributed by atoms with Crippen molar-refractivity contribution in [1.82, 2.24) is 19.5 Å². The number of thiophene rings is 1. The summed E-state index contributed by atoms with van der Waals surface area (Å²) in [6.45, 7) is 0. The van der Waals surface area contributed by atoms with Gasteiger partial charge >= 0.3 is 0 Å². The molecule has 292 valence electrons. The second-order valence-electron chi connectivity index (χ2n) is 16.3. The van der Waals surface area contributed by atoms with Crippen LogP contribution in [0.5, 0.6) is 0 Å². The van der Waals surface area contributed by atoms with E-state index in [2.05, 4.69) is 187 Å². The molecule has 0 aliphatic heterocycles. The van der Waals surface area contributed by atoms with Crippen molar-refractivity contribution in [2.75, 3.05) is 0 Å². The van der Waals surface area contributed by atoms with Gasteiger partial charge in [0.05, 0.1) is 22.3 Å². The maximum absolute atomic E-state index is 6.97. The van der Waals surface area contributed by atoms with Crippen LogP contribution in [0.15, 0.2) is 199 Å². The van der Waals surface area contributed by atoms with Gasteiger partial charge in [-0.2, -0.15) is 0 Å². The van der Waals surface area contributed by atoms with E-state index in [0.717, 1.165) is 66.1 Å². The topological polar surface area (TPSA) is 56.7 Å².